The Balaban J connectivity index is 1.67. The summed E-state index contributed by atoms with van der Waals surface area (Å²) < 4.78 is 1.26. The van der Waals surface area contributed by atoms with E-state index < -0.39 is 5.97 Å². The molecule has 0 bridgehead atoms. The largest absolute Gasteiger partial charge is 0.481 e. The quantitative estimate of drug-likeness (QED) is 0.501. The zero-order valence-electron chi connectivity index (χ0n) is 16.0. The Morgan fingerprint density at radius 3 is 2.83 bits per heavy atom. The number of hydrogen-bond acceptors (Lipinski definition) is 4. The summed E-state index contributed by atoms with van der Waals surface area (Å²) in [6.07, 6.45) is 3.53. The van der Waals surface area contributed by atoms with Gasteiger partial charge in [0, 0.05) is 27.7 Å². The summed E-state index contributed by atoms with van der Waals surface area (Å²) in [5.74, 6) is -1.00. The molecule has 2 aromatic heterocycles. The molecule has 29 heavy (non-hydrogen) atoms. The van der Waals surface area contributed by atoms with Crippen LogP contribution in [0.1, 0.15) is 29.3 Å². The number of thiophene rings is 1. The van der Waals surface area contributed by atoms with E-state index in [4.69, 9.17) is 0 Å². The number of carbonyl (C=O) groups is 1. The fourth-order valence-electron chi connectivity index (χ4n) is 4.47. The topological polar surface area (TPSA) is 53.4 Å². The van der Waals surface area contributed by atoms with Crippen molar-refractivity contribution in [1.82, 2.24) is 9.88 Å². The molecule has 4 nitrogen and oxygen atoms in total. The number of likely N-dealkylation sites (tertiary alicyclic amines) is 1. The van der Waals surface area contributed by atoms with Crippen LogP contribution in [-0.4, -0.2) is 34.0 Å². The number of para-hydroxylation sites is 1. The average Bonchev–Trinajstić information content (AvgIpc) is 3.18. The number of pyridine rings is 1. The van der Waals surface area contributed by atoms with Gasteiger partial charge in [-0.25, -0.2) is 0 Å². The fourth-order valence-corrected chi connectivity index (χ4v) is 5.68. The maximum absolute atomic E-state index is 11.7. The third kappa shape index (κ3) is 3.41. The molecule has 1 aliphatic heterocycles. The van der Waals surface area contributed by atoms with E-state index in [1.807, 2.05) is 24.4 Å². The molecule has 5 rings (SSSR count). The van der Waals surface area contributed by atoms with Crippen LogP contribution in [0.5, 0.6) is 0 Å². The highest BCUT2D eigenvalue weighted by molar-refractivity contribution is 7.19. The van der Waals surface area contributed by atoms with Crippen molar-refractivity contribution >= 4 is 38.3 Å². The van der Waals surface area contributed by atoms with Crippen LogP contribution in [0.15, 0.2) is 66.9 Å². The van der Waals surface area contributed by atoms with Crippen molar-refractivity contribution in [3.8, 4) is 0 Å². The van der Waals surface area contributed by atoms with Crippen LogP contribution in [0.25, 0.3) is 21.0 Å². The van der Waals surface area contributed by atoms with Crippen molar-refractivity contribution in [2.24, 2.45) is 5.92 Å². The predicted octanol–water partition coefficient (Wildman–Crippen LogP) is 5.34. The van der Waals surface area contributed by atoms with Crippen molar-refractivity contribution < 1.29 is 9.90 Å². The van der Waals surface area contributed by atoms with Gasteiger partial charge in [0.15, 0.2) is 0 Å². The number of rotatable bonds is 4. The van der Waals surface area contributed by atoms with E-state index in [2.05, 4.69) is 52.3 Å². The van der Waals surface area contributed by atoms with E-state index in [9.17, 15) is 9.90 Å². The second-order valence-corrected chi connectivity index (χ2v) is 8.79. The number of carboxylic acids is 1. The second-order valence-electron chi connectivity index (χ2n) is 7.68. The lowest BCUT2D eigenvalue weighted by atomic mass is 9.93. The molecule has 1 fully saturated rings. The van der Waals surface area contributed by atoms with E-state index in [1.54, 1.807) is 11.3 Å². The first-order valence-corrected chi connectivity index (χ1v) is 10.8. The molecule has 2 unspecified atom stereocenters. The van der Waals surface area contributed by atoms with Gasteiger partial charge in [0.2, 0.25) is 0 Å². The van der Waals surface area contributed by atoms with E-state index in [1.165, 1.54) is 20.5 Å². The van der Waals surface area contributed by atoms with Gasteiger partial charge in [0.05, 0.1) is 17.5 Å². The third-order valence-electron chi connectivity index (χ3n) is 5.86. The first-order valence-electron chi connectivity index (χ1n) is 10.00. The summed E-state index contributed by atoms with van der Waals surface area (Å²) in [7, 11) is 0. The minimum atomic E-state index is -0.690. The highest BCUT2D eigenvalue weighted by atomic mass is 32.1. The van der Waals surface area contributed by atoms with Gasteiger partial charge in [-0.3, -0.25) is 14.7 Å². The number of piperidine rings is 1. The summed E-state index contributed by atoms with van der Waals surface area (Å²) in [5, 5.41) is 12.0. The van der Waals surface area contributed by atoms with Crippen LogP contribution in [-0.2, 0) is 4.79 Å². The molecule has 0 amide bonds. The Morgan fingerprint density at radius 2 is 1.97 bits per heavy atom. The Labute approximate surface area is 173 Å². The Morgan fingerprint density at radius 1 is 1.14 bits per heavy atom. The molecule has 0 spiro atoms. The van der Waals surface area contributed by atoms with Crippen molar-refractivity contribution in [2.45, 2.75) is 18.9 Å². The minimum Gasteiger partial charge on any atom is -0.481 e. The lowest BCUT2D eigenvalue weighted by molar-refractivity contribution is -0.143. The van der Waals surface area contributed by atoms with Gasteiger partial charge in [0.25, 0.3) is 0 Å². The standard InChI is InChI=1S/C24H22N2O2S/c27-24(28)17-7-5-13-26(15-17)23(22-14-16-6-1-4-10-21(16)29-22)19-11-12-25-20-9-3-2-8-18(19)20/h1-4,6,8-12,14,17,23H,5,7,13,15H2,(H,27,28). The Kier molecular flexibility index (Phi) is 4.78. The highest BCUT2D eigenvalue weighted by Gasteiger charge is 2.32. The number of nitrogens with zero attached hydrogens (tertiary/aromatic N) is 2. The summed E-state index contributed by atoms with van der Waals surface area (Å²) in [6, 6.07) is 21.1. The van der Waals surface area contributed by atoms with E-state index in [0.717, 1.165) is 30.3 Å². The zero-order valence-corrected chi connectivity index (χ0v) is 16.8. The van der Waals surface area contributed by atoms with Gasteiger partial charge in [-0.05, 0) is 54.6 Å². The molecule has 3 heterocycles. The molecule has 5 heteroatoms. The van der Waals surface area contributed by atoms with Crippen molar-refractivity contribution in [3.05, 3.63) is 77.3 Å². The third-order valence-corrected chi connectivity index (χ3v) is 7.03. The molecular formula is C24H22N2O2S. The maximum atomic E-state index is 11.7. The fraction of sp³-hybridized carbons (Fsp3) is 0.250. The van der Waals surface area contributed by atoms with Crippen LogP contribution in [0.4, 0.5) is 0 Å². The number of aliphatic carboxylic acids is 1. The Hall–Kier alpha value is -2.76. The average molecular weight is 403 g/mol. The predicted molar refractivity (Wildman–Crippen MR) is 117 cm³/mol. The number of carboxylic acid groups (broad SMARTS) is 1. The minimum absolute atomic E-state index is 0.0300. The van der Waals surface area contributed by atoms with Crippen molar-refractivity contribution in [1.29, 1.82) is 0 Å². The van der Waals surface area contributed by atoms with Gasteiger partial charge in [-0.1, -0.05) is 36.4 Å². The number of aromatic nitrogens is 1. The van der Waals surface area contributed by atoms with E-state index >= 15 is 0 Å². The van der Waals surface area contributed by atoms with Gasteiger partial charge >= 0.3 is 5.97 Å². The normalized spacial score (nSPS) is 18.8. The van der Waals surface area contributed by atoms with E-state index in [0.29, 0.717) is 6.54 Å². The molecule has 0 saturated carbocycles. The van der Waals surface area contributed by atoms with E-state index in [-0.39, 0.29) is 12.0 Å². The smallest absolute Gasteiger partial charge is 0.307 e. The monoisotopic (exact) mass is 402 g/mol. The summed E-state index contributed by atoms with van der Waals surface area (Å²) in [6.45, 7) is 1.48. The van der Waals surface area contributed by atoms with Gasteiger partial charge in [-0.2, -0.15) is 0 Å². The van der Waals surface area contributed by atoms with Crippen LogP contribution < -0.4 is 0 Å². The summed E-state index contributed by atoms with van der Waals surface area (Å²) in [4.78, 5) is 19.9. The first kappa shape index (κ1) is 18.3. The second kappa shape index (κ2) is 7.58. The molecule has 1 saturated heterocycles. The molecule has 1 aliphatic rings. The summed E-state index contributed by atoms with van der Waals surface area (Å²) >= 11 is 1.80. The van der Waals surface area contributed by atoms with Gasteiger partial charge in [-0.15, -0.1) is 11.3 Å². The van der Waals surface area contributed by atoms with Gasteiger partial charge < -0.3 is 5.11 Å². The highest BCUT2D eigenvalue weighted by Crippen LogP contribution is 2.40. The van der Waals surface area contributed by atoms with Crippen molar-refractivity contribution in [2.75, 3.05) is 13.1 Å². The molecule has 2 atom stereocenters. The van der Waals surface area contributed by atoms with Crippen molar-refractivity contribution in [3.63, 3.8) is 0 Å². The molecule has 2 aromatic carbocycles. The lowest BCUT2D eigenvalue weighted by Crippen LogP contribution is -2.41. The molecule has 0 radical (unpaired) electrons. The number of hydrogen-bond donors (Lipinski definition) is 1. The zero-order chi connectivity index (χ0) is 19.8. The van der Waals surface area contributed by atoms with Crippen LogP contribution >= 0.6 is 11.3 Å². The molecule has 1 N–H and O–H groups in total. The molecule has 146 valence electrons. The Bertz CT molecular complexity index is 1150. The van der Waals surface area contributed by atoms with Gasteiger partial charge in [0.1, 0.15) is 0 Å². The van der Waals surface area contributed by atoms with Crippen LogP contribution in [0.2, 0.25) is 0 Å². The van der Waals surface area contributed by atoms with Crippen LogP contribution in [0.3, 0.4) is 0 Å². The SMILES string of the molecule is O=C(O)C1CCCN(C(c2cc3ccccc3s2)c2ccnc3ccccc23)C1. The van der Waals surface area contributed by atoms with Crippen LogP contribution in [0, 0.1) is 5.92 Å². The maximum Gasteiger partial charge on any atom is 0.307 e. The lowest BCUT2D eigenvalue weighted by Gasteiger charge is -2.37. The number of fused-ring (bicyclic) bond motifs is 2. The molecule has 0 aliphatic carbocycles. The molecular weight excluding hydrogens is 380 g/mol. The summed E-state index contributed by atoms with van der Waals surface area (Å²) in [5.41, 5.74) is 2.18. The molecule has 4 aromatic rings. The number of benzene rings is 2. The first-order chi connectivity index (χ1) is 14.2.